The van der Waals surface area contributed by atoms with Gasteiger partial charge in [-0.1, -0.05) is 18.2 Å². The van der Waals surface area contributed by atoms with E-state index in [2.05, 4.69) is 11.2 Å². The largest absolute Gasteiger partial charge is 0.477 e. The van der Waals surface area contributed by atoms with Gasteiger partial charge in [0.15, 0.2) is 0 Å². The molecule has 0 aliphatic carbocycles. The van der Waals surface area contributed by atoms with Crippen molar-refractivity contribution in [2.24, 2.45) is 7.05 Å². The highest BCUT2D eigenvalue weighted by Crippen LogP contribution is 2.29. The Morgan fingerprint density at radius 2 is 2.25 bits per heavy atom. The van der Waals surface area contributed by atoms with E-state index in [9.17, 15) is 4.79 Å². The molecule has 0 fully saturated rings. The molecule has 0 unspecified atom stereocenters. The molecule has 20 heavy (non-hydrogen) atoms. The van der Waals surface area contributed by atoms with E-state index in [-0.39, 0.29) is 0 Å². The first-order valence-electron chi connectivity index (χ1n) is 6.00. The Balaban J connectivity index is 1.81. The molecular weight excluding hydrogens is 292 g/mol. The smallest absolute Gasteiger partial charge is 0.345 e. The van der Waals surface area contributed by atoms with Gasteiger partial charge in [-0.25, -0.2) is 4.79 Å². The minimum atomic E-state index is -0.870. The van der Waals surface area contributed by atoms with Crippen molar-refractivity contribution in [2.75, 3.05) is 0 Å². The second-order valence-corrected chi connectivity index (χ2v) is 6.29. The lowest BCUT2D eigenvalue weighted by atomic mass is 10.2. The minimum Gasteiger partial charge on any atom is -0.477 e. The van der Waals surface area contributed by atoms with Crippen molar-refractivity contribution in [2.45, 2.75) is 10.6 Å². The summed E-state index contributed by atoms with van der Waals surface area (Å²) in [6.45, 7) is 0. The Labute approximate surface area is 124 Å². The van der Waals surface area contributed by atoms with Crippen LogP contribution in [-0.4, -0.2) is 20.9 Å². The summed E-state index contributed by atoms with van der Waals surface area (Å²) in [4.78, 5) is 12.2. The van der Waals surface area contributed by atoms with Crippen LogP contribution < -0.4 is 0 Å². The zero-order valence-corrected chi connectivity index (χ0v) is 12.4. The number of hydrogen-bond acceptors (Lipinski definition) is 4. The van der Waals surface area contributed by atoms with Gasteiger partial charge < -0.3 is 5.11 Å². The lowest BCUT2D eigenvalue weighted by Gasteiger charge is -1.96. The number of para-hydroxylation sites is 1. The van der Waals surface area contributed by atoms with Crippen molar-refractivity contribution in [1.82, 2.24) is 9.78 Å². The van der Waals surface area contributed by atoms with Crippen LogP contribution >= 0.6 is 23.1 Å². The zero-order chi connectivity index (χ0) is 14.1. The number of aromatic nitrogens is 2. The lowest BCUT2D eigenvalue weighted by Crippen LogP contribution is -1.91. The average Bonchev–Trinajstić information content (AvgIpc) is 3.03. The van der Waals surface area contributed by atoms with Crippen molar-refractivity contribution in [3.05, 3.63) is 46.3 Å². The number of nitrogens with zero attached hydrogens (tertiary/aromatic N) is 2. The van der Waals surface area contributed by atoms with E-state index >= 15 is 0 Å². The average molecular weight is 304 g/mol. The molecule has 0 saturated heterocycles. The summed E-state index contributed by atoms with van der Waals surface area (Å²) >= 11 is 2.87. The molecule has 0 atom stereocenters. The fourth-order valence-electron chi connectivity index (χ4n) is 2.05. The fourth-order valence-corrected chi connectivity index (χ4v) is 3.87. The van der Waals surface area contributed by atoms with E-state index in [4.69, 9.17) is 5.11 Å². The molecule has 3 rings (SSSR count). The number of carboxylic acids is 1. The topological polar surface area (TPSA) is 55.1 Å². The molecule has 2 aromatic heterocycles. The highest BCUT2D eigenvalue weighted by Gasteiger charge is 2.10. The first-order valence-corrected chi connectivity index (χ1v) is 7.87. The molecule has 0 bridgehead atoms. The van der Waals surface area contributed by atoms with Crippen LogP contribution in [0.1, 0.15) is 15.4 Å². The van der Waals surface area contributed by atoms with E-state index < -0.39 is 5.97 Å². The lowest BCUT2D eigenvalue weighted by molar-refractivity contribution is 0.0702. The second kappa shape index (κ2) is 5.30. The van der Waals surface area contributed by atoms with Crippen LogP contribution in [0.2, 0.25) is 0 Å². The standard InChI is InChI=1S/C14H12N2O2S2/c1-16-12-5-3-2-4-10(12)11(15-16)8-19-9-6-13(14(17)18)20-7-9/h2-7H,8H2,1H3,(H,17,18). The molecular formula is C14H12N2O2S2. The van der Waals surface area contributed by atoms with Gasteiger partial charge in [-0.3, -0.25) is 4.68 Å². The molecule has 102 valence electrons. The highest BCUT2D eigenvalue weighted by molar-refractivity contribution is 7.98. The summed E-state index contributed by atoms with van der Waals surface area (Å²) in [6.07, 6.45) is 0. The minimum absolute atomic E-state index is 0.373. The molecule has 0 aliphatic rings. The van der Waals surface area contributed by atoms with E-state index in [0.717, 1.165) is 27.2 Å². The molecule has 3 aromatic rings. The Bertz CT molecular complexity index is 776. The molecule has 0 radical (unpaired) electrons. The summed E-state index contributed by atoms with van der Waals surface area (Å²) in [5.74, 6) is -0.137. The monoisotopic (exact) mass is 304 g/mol. The maximum Gasteiger partial charge on any atom is 0.345 e. The Hall–Kier alpha value is -1.79. The predicted octanol–water partition coefficient (Wildman–Crippen LogP) is 3.63. The van der Waals surface area contributed by atoms with Gasteiger partial charge in [-0.15, -0.1) is 23.1 Å². The van der Waals surface area contributed by atoms with Gasteiger partial charge in [0.2, 0.25) is 0 Å². The summed E-state index contributed by atoms with van der Waals surface area (Å²) in [6, 6.07) is 9.82. The molecule has 2 heterocycles. The van der Waals surface area contributed by atoms with Gasteiger partial charge >= 0.3 is 5.97 Å². The number of thiophene rings is 1. The Kier molecular flexibility index (Phi) is 3.50. The third kappa shape index (κ3) is 2.44. The van der Waals surface area contributed by atoms with E-state index in [1.54, 1.807) is 17.8 Å². The van der Waals surface area contributed by atoms with Gasteiger partial charge in [-0.2, -0.15) is 5.10 Å². The maximum absolute atomic E-state index is 10.9. The Morgan fingerprint density at radius 1 is 1.45 bits per heavy atom. The number of thioether (sulfide) groups is 1. The normalized spacial score (nSPS) is 11.1. The quantitative estimate of drug-likeness (QED) is 0.748. The number of carboxylic acid groups (broad SMARTS) is 1. The number of aryl methyl sites for hydroxylation is 1. The van der Waals surface area contributed by atoms with Crippen molar-refractivity contribution in [3.63, 3.8) is 0 Å². The van der Waals surface area contributed by atoms with Crippen LogP contribution in [0, 0.1) is 0 Å². The van der Waals surface area contributed by atoms with Crippen LogP contribution in [0.4, 0.5) is 0 Å². The molecule has 0 spiro atoms. The van der Waals surface area contributed by atoms with Crippen LogP contribution in [0.15, 0.2) is 40.6 Å². The van der Waals surface area contributed by atoms with Crippen LogP contribution in [0.25, 0.3) is 10.9 Å². The maximum atomic E-state index is 10.9. The fraction of sp³-hybridized carbons (Fsp3) is 0.143. The van der Waals surface area contributed by atoms with Crippen molar-refractivity contribution in [3.8, 4) is 0 Å². The van der Waals surface area contributed by atoms with Crippen LogP contribution in [0.3, 0.4) is 0 Å². The molecule has 0 amide bonds. The number of carbonyl (C=O) groups is 1. The van der Waals surface area contributed by atoms with Gasteiger partial charge in [0, 0.05) is 28.5 Å². The molecule has 0 saturated carbocycles. The number of aromatic carboxylic acids is 1. The van der Waals surface area contributed by atoms with Crippen molar-refractivity contribution in [1.29, 1.82) is 0 Å². The van der Waals surface area contributed by atoms with E-state index in [0.29, 0.717) is 4.88 Å². The van der Waals surface area contributed by atoms with Crippen LogP contribution in [-0.2, 0) is 12.8 Å². The van der Waals surface area contributed by atoms with E-state index in [1.165, 1.54) is 11.3 Å². The zero-order valence-electron chi connectivity index (χ0n) is 10.7. The van der Waals surface area contributed by atoms with E-state index in [1.807, 2.05) is 35.3 Å². The molecule has 6 heteroatoms. The molecule has 1 aromatic carbocycles. The van der Waals surface area contributed by atoms with Gasteiger partial charge in [-0.05, 0) is 12.1 Å². The first-order chi connectivity index (χ1) is 9.65. The van der Waals surface area contributed by atoms with Gasteiger partial charge in [0.25, 0.3) is 0 Å². The molecule has 1 N–H and O–H groups in total. The first kappa shape index (κ1) is 13.2. The SMILES string of the molecule is Cn1nc(CSc2csc(C(=O)O)c2)c2ccccc21. The second-order valence-electron chi connectivity index (χ2n) is 4.33. The van der Waals surface area contributed by atoms with Gasteiger partial charge in [0.05, 0.1) is 11.2 Å². The summed E-state index contributed by atoms with van der Waals surface area (Å²) < 4.78 is 1.88. The number of hydrogen-bond donors (Lipinski definition) is 1. The third-order valence-corrected chi connectivity index (χ3v) is 5.05. The predicted molar refractivity (Wildman–Crippen MR) is 81.6 cm³/mol. The highest BCUT2D eigenvalue weighted by atomic mass is 32.2. The summed E-state index contributed by atoms with van der Waals surface area (Å²) in [7, 11) is 1.93. The van der Waals surface area contributed by atoms with Crippen molar-refractivity contribution < 1.29 is 9.90 Å². The Morgan fingerprint density at radius 3 is 3.00 bits per heavy atom. The summed E-state index contributed by atoms with van der Waals surface area (Å²) in [5.41, 5.74) is 2.14. The number of benzene rings is 1. The van der Waals surface area contributed by atoms with Crippen molar-refractivity contribution >= 4 is 40.0 Å². The summed E-state index contributed by atoms with van der Waals surface area (Å²) in [5, 5.41) is 16.5. The number of fused-ring (bicyclic) bond motifs is 1. The third-order valence-electron chi connectivity index (χ3n) is 3.00. The number of rotatable bonds is 4. The molecule has 4 nitrogen and oxygen atoms in total. The van der Waals surface area contributed by atoms with Crippen LogP contribution in [0.5, 0.6) is 0 Å². The van der Waals surface area contributed by atoms with Gasteiger partial charge in [0.1, 0.15) is 4.88 Å². The molecule has 0 aliphatic heterocycles.